The van der Waals surface area contributed by atoms with Gasteiger partial charge in [-0.25, -0.2) is 9.07 Å². The molecular weight excluding hydrogens is 355 g/mol. The minimum atomic E-state index is -0.303. The van der Waals surface area contributed by atoms with Crippen molar-refractivity contribution in [2.24, 2.45) is 0 Å². The number of carbonyl (C=O) groups is 1. The molecule has 0 spiro atoms. The molecule has 0 aliphatic carbocycles. The molecule has 0 aliphatic heterocycles. The quantitative estimate of drug-likeness (QED) is 0.657. The molecule has 0 saturated carbocycles. The summed E-state index contributed by atoms with van der Waals surface area (Å²) in [5.74, 6) is -0.408. The number of hydrogen-bond acceptors (Lipinski definition) is 2. The molecule has 2 N–H and O–H groups in total. The molecule has 0 radical (unpaired) electrons. The Balaban J connectivity index is 1.60. The molecule has 3 rings (SSSR count). The van der Waals surface area contributed by atoms with E-state index in [1.165, 1.54) is 6.07 Å². The highest BCUT2D eigenvalue weighted by atomic mass is 19.1. The van der Waals surface area contributed by atoms with Gasteiger partial charge in [0.1, 0.15) is 12.4 Å². The summed E-state index contributed by atoms with van der Waals surface area (Å²) in [6, 6.07) is 16.5. The van der Waals surface area contributed by atoms with Crippen LogP contribution in [-0.4, -0.2) is 29.3 Å². The van der Waals surface area contributed by atoms with Gasteiger partial charge in [0.2, 0.25) is 0 Å². The Hall–Kier alpha value is -2.99. The molecule has 146 valence electrons. The van der Waals surface area contributed by atoms with E-state index < -0.39 is 0 Å². The number of benzene rings is 2. The number of hydrogen-bond donors (Lipinski definition) is 2. The van der Waals surface area contributed by atoms with Crippen molar-refractivity contribution in [3.05, 3.63) is 82.9 Å². The van der Waals surface area contributed by atoms with Gasteiger partial charge in [0.15, 0.2) is 6.54 Å². The third-order valence-corrected chi connectivity index (χ3v) is 4.82. The van der Waals surface area contributed by atoms with Gasteiger partial charge in [-0.2, -0.15) is 5.10 Å². The number of amides is 1. The minimum Gasteiger partial charge on any atom is -0.347 e. The van der Waals surface area contributed by atoms with E-state index in [1.807, 2.05) is 55.9 Å². The first-order valence-electron chi connectivity index (χ1n) is 9.37. The number of nitrogens with zero attached hydrogens (tertiary/aromatic N) is 2. The molecule has 0 saturated heterocycles. The fourth-order valence-electron chi connectivity index (χ4n) is 3.29. The van der Waals surface area contributed by atoms with Gasteiger partial charge in [-0.3, -0.25) is 4.79 Å². The standard InChI is InChI=1S/C22H25FN4O/c1-16-20(17(2)27(25-16)19-10-5-4-6-11-19)14-26(3)15-22(28)24-13-18-9-7-8-12-21(18)23/h4-12H,13-15H2,1-3H3,(H,24,28)/p+1. The molecule has 0 aliphatic rings. The van der Waals surface area contributed by atoms with E-state index in [1.54, 1.807) is 18.2 Å². The molecule has 2 aromatic carbocycles. The van der Waals surface area contributed by atoms with E-state index in [9.17, 15) is 9.18 Å². The maximum atomic E-state index is 13.7. The van der Waals surface area contributed by atoms with Crippen molar-refractivity contribution < 1.29 is 14.1 Å². The Morgan fingerprint density at radius 1 is 1.11 bits per heavy atom. The second-order valence-electron chi connectivity index (χ2n) is 7.08. The van der Waals surface area contributed by atoms with Crippen molar-refractivity contribution in [2.45, 2.75) is 26.9 Å². The molecule has 1 unspecified atom stereocenters. The van der Waals surface area contributed by atoms with Gasteiger partial charge in [0, 0.05) is 12.1 Å². The van der Waals surface area contributed by atoms with Gasteiger partial charge in [-0.05, 0) is 32.0 Å². The number of para-hydroxylation sites is 1. The molecule has 0 fully saturated rings. The average Bonchev–Trinajstić information content (AvgIpc) is 2.96. The van der Waals surface area contributed by atoms with E-state index in [-0.39, 0.29) is 18.3 Å². The second-order valence-corrected chi connectivity index (χ2v) is 7.08. The fourth-order valence-corrected chi connectivity index (χ4v) is 3.29. The molecule has 28 heavy (non-hydrogen) atoms. The zero-order valence-electron chi connectivity index (χ0n) is 16.5. The molecule has 5 nitrogen and oxygen atoms in total. The zero-order valence-corrected chi connectivity index (χ0v) is 16.5. The largest absolute Gasteiger partial charge is 0.347 e. The SMILES string of the molecule is Cc1nn(-c2ccccc2)c(C)c1C[NH+](C)CC(=O)NCc1ccccc1F. The first-order chi connectivity index (χ1) is 13.5. The molecule has 6 heteroatoms. The highest BCUT2D eigenvalue weighted by Gasteiger charge is 2.18. The second kappa shape index (κ2) is 8.80. The maximum Gasteiger partial charge on any atom is 0.275 e. The number of aryl methyl sites for hydroxylation is 1. The van der Waals surface area contributed by atoms with Crippen LogP contribution in [0, 0.1) is 19.7 Å². The van der Waals surface area contributed by atoms with E-state index in [0.717, 1.165) is 27.5 Å². The summed E-state index contributed by atoms with van der Waals surface area (Å²) in [6.07, 6.45) is 0. The Kier molecular flexibility index (Phi) is 6.21. The highest BCUT2D eigenvalue weighted by molar-refractivity contribution is 5.76. The van der Waals surface area contributed by atoms with Gasteiger partial charge in [0.05, 0.1) is 29.7 Å². The van der Waals surface area contributed by atoms with E-state index >= 15 is 0 Å². The number of halogens is 1. The third-order valence-electron chi connectivity index (χ3n) is 4.82. The van der Waals surface area contributed by atoms with Crippen LogP contribution in [0.4, 0.5) is 4.39 Å². The summed E-state index contributed by atoms with van der Waals surface area (Å²) in [5, 5.41) is 7.46. The summed E-state index contributed by atoms with van der Waals surface area (Å²) >= 11 is 0. The number of likely N-dealkylation sites (N-methyl/N-ethyl adjacent to an activating group) is 1. The van der Waals surface area contributed by atoms with Crippen LogP contribution in [0.15, 0.2) is 54.6 Å². The first-order valence-corrected chi connectivity index (χ1v) is 9.37. The fraction of sp³-hybridized carbons (Fsp3) is 0.273. The number of aromatic nitrogens is 2. The van der Waals surface area contributed by atoms with Gasteiger partial charge >= 0.3 is 0 Å². The predicted octanol–water partition coefficient (Wildman–Crippen LogP) is 1.96. The Labute approximate surface area is 164 Å². The molecule has 0 bridgehead atoms. The smallest absolute Gasteiger partial charge is 0.275 e. The van der Waals surface area contributed by atoms with E-state index in [4.69, 9.17) is 0 Å². The van der Waals surface area contributed by atoms with Crippen LogP contribution in [0.1, 0.15) is 22.5 Å². The first kappa shape index (κ1) is 19.8. The Bertz CT molecular complexity index is 952. The van der Waals surface area contributed by atoms with Crippen LogP contribution in [0.2, 0.25) is 0 Å². The summed E-state index contributed by atoms with van der Waals surface area (Å²) < 4.78 is 15.6. The topological polar surface area (TPSA) is 51.4 Å². The third kappa shape index (κ3) is 4.64. The molecule has 1 amide bonds. The lowest BCUT2D eigenvalue weighted by molar-refractivity contribution is -0.885. The van der Waals surface area contributed by atoms with Crippen molar-refractivity contribution in [1.82, 2.24) is 15.1 Å². The molecule has 1 heterocycles. The van der Waals surface area contributed by atoms with Crippen LogP contribution in [0.5, 0.6) is 0 Å². The molecule has 3 aromatic rings. The van der Waals surface area contributed by atoms with Crippen molar-refractivity contribution in [1.29, 1.82) is 0 Å². The van der Waals surface area contributed by atoms with Crippen LogP contribution >= 0.6 is 0 Å². The molecule has 1 atom stereocenters. The number of rotatable bonds is 7. The van der Waals surface area contributed by atoms with E-state index in [0.29, 0.717) is 18.7 Å². The van der Waals surface area contributed by atoms with Crippen molar-refractivity contribution in [3.8, 4) is 5.69 Å². The predicted molar refractivity (Wildman–Crippen MR) is 107 cm³/mol. The van der Waals surface area contributed by atoms with Crippen LogP contribution in [0.3, 0.4) is 0 Å². The average molecular weight is 381 g/mol. The molecular formula is C22H26FN4O+. The zero-order chi connectivity index (χ0) is 20.1. The summed E-state index contributed by atoms with van der Waals surface area (Å²) in [5.41, 5.74) is 4.70. The lowest BCUT2D eigenvalue weighted by atomic mass is 10.2. The van der Waals surface area contributed by atoms with Crippen molar-refractivity contribution in [2.75, 3.05) is 13.6 Å². The lowest BCUT2D eigenvalue weighted by Crippen LogP contribution is -3.09. The number of quaternary nitrogens is 1. The summed E-state index contributed by atoms with van der Waals surface area (Å²) in [4.78, 5) is 13.3. The van der Waals surface area contributed by atoms with Crippen LogP contribution in [-0.2, 0) is 17.9 Å². The summed E-state index contributed by atoms with van der Waals surface area (Å²) in [7, 11) is 1.97. The number of nitrogens with one attached hydrogen (secondary N) is 2. The highest BCUT2D eigenvalue weighted by Crippen LogP contribution is 2.16. The van der Waals surface area contributed by atoms with E-state index in [2.05, 4.69) is 10.4 Å². The van der Waals surface area contributed by atoms with Crippen molar-refractivity contribution >= 4 is 5.91 Å². The van der Waals surface area contributed by atoms with Crippen molar-refractivity contribution in [3.63, 3.8) is 0 Å². The monoisotopic (exact) mass is 381 g/mol. The van der Waals surface area contributed by atoms with Crippen LogP contribution in [0.25, 0.3) is 5.69 Å². The van der Waals surface area contributed by atoms with Gasteiger partial charge in [-0.1, -0.05) is 36.4 Å². The van der Waals surface area contributed by atoms with Gasteiger partial charge in [0.25, 0.3) is 5.91 Å². The van der Waals surface area contributed by atoms with Gasteiger partial charge in [-0.15, -0.1) is 0 Å². The Morgan fingerprint density at radius 2 is 1.79 bits per heavy atom. The Morgan fingerprint density at radius 3 is 2.50 bits per heavy atom. The maximum absolute atomic E-state index is 13.7. The van der Waals surface area contributed by atoms with Crippen LogP contribution < -0.4 is 10.2 Å². The minimum absolute atomic E-state index is 0.105. The normalized spacial score (nSPS) is 12.0. The van der Waals surface area contributed by atoms with Gasteiger partial charge < -0.3 is 10.2 Å². The summed E-state index contributed by atoms with van der Waals surface area (Å²) in [6.45, 7) is 5.24. The molecule has 1 aromatic heterocycles. The number of carbonyl (C=O) groups excluding carboxylic acids is 1. The lowest BCUT2D eigenvalue weighted by Gasteiger charge is -2.14.